The van der Waals surface area contributed by atoms with Crippen LogP contribution in [-0.4, -0.2) is 18.4 Å². The normalized spacial score (nSPS) is 12.6. The standard InChI is InChI=1S/C11H12ClN3O2S2/c1-11(2,10-14-5-6-18-10)15-19(16,17)9-7-13-4-3-8(9)12/h3-7,15H,1-2H3. The van der Waals surface area contributed by atoms with Crippen molar-refractivity contribution in [2.45, 2.75) is 24.3 Å². The number of sulfonamides is 1. The van der Waals surface area contributed by atoms with E-state index in [2.05, 4.69) is 14.7 Å². The summed E-state index contributed by atoms with van der Waals surface area (Å²) in [6, 6.07) is 1.44. The molecular weight excluding hydrogens is 306 g/mol. The van der Waals surface area contributed by atoms with Crippen molar-refractivity contribution < 1.29 is 8.42 Å². The number of nitrogens with one attached hydrogen (secondary N) is 1. The Kier molecular flexibility index (Phi) is 3.91. The van der Waals surface area contributed by atoms with Crippen molar-refractivity contribution in [1.29, 1.82) is 0 Å². The van der Waals surface area contributed by atoms with Gasteiger partial charge >= 0.3 is 0 Å². The van der Waals surface area contributed by atoms with Crippen LogP contribution in [0.1, 0.15) is 18.9 Å². The summed E-state index contributed by atoms with van der Waals surface area (Å²) in [5.41, 5.74) is -0.813. The SMILES string of the molecule is CC(C)(NS(=O)(=O)c1cnccc1Cl)c1nccs1. The Morgan fingerprint density at radius 2 is 2.11 bits per heavy atom. The summed E-state index contributed by atoms with van der Waals surface area (Å²) < 4.78 is 27.2. The van der Waals surface area contributed by atoms with E-state index in [0.29, 0.717) is 5.01 Å². The Morgan fingerprint density at radius 1 is 1.37 bits per heavy atom. The highest BCUT2D eigenvalue weighted by molar-refractivity contribution is 7.89. The number of aromatic nitrogens is 2. The maximum absolute atomic E-state index is 12.3. The lowest BCUT2D eigenvalue weighted by atomic mass is 10.1. The molecule has 1 N–H and O–H groups in total. The highest BCUT2D eigenvalue weighted by atomic mass is 35.5. The van der Waals surface area contributed by atoms with Crippen LogP contribution in [0.3, 0.4) is 0 Å². The largest absolute Gasteiger partial charge is 0.263 e. The first-order valence-corrected chi connectivity index (χ1v) is 8.10. The van der Waals surface area contributed by atoms with Gasteiger partial charge in [-0.3, -0.25) is 4.98 Å². The number of thiazole rings is 1. The lowest BCUT2D eigenvalue weighted by Crippen LogP contribution is -2.40. The Morgan fingerprint density at radius 3 is 2.68 bits per heavy atom. The number of halogens is 1. The van der Waals surface area contributed by atoms with E-state index in [1.165, 1.54) is 29.8 Å². The molecular formula is C11H12ClN3O2S2. The minimum atomic E-state index is -3.75. The van der Waals surface area contributed by atoms with Gasteiger partial charge in [0.05, 0.1) is 10.6 Å². The summed E-state index contributed by atoms with van der Waals surface area (Å²) in [6.45, 7) is 3.49. The van der Waals surface area contributed by atoms with Crippen LogP contribution >= 0.6 is 22.9 Å². The predicted octanol–water partition coefficient (Wildman–Crippen LogP) is 2.41. The highest BCUT2D eigenvalue weighted by Crippen LogP contribution is 2.26. The Hall–Kier alpha value is -1.02. The van der Waals surface area contributed by atoms with Crippen LogP contribution in [0.5, 0.6) is 0 Å². The molecule has 8 heteroatoms. The van der Waals surface area contributed by atoms with Crippen molar-refractivity contribution in [3.8, 4) is 0 Å². The fourth-order valence-corrected chi connectivity index (χ4v) is 4.12. The van der Waals surface area contributed by atoms with Crippen LogP contribution in [0.25, 0.3) is 0 Å². The van der Waals surface area contributed by atoms with E-state index in [4.69, 9.17) is 11.6 Å². The average molecular weight is 318 g/mol. The van der Waals surface area contributed by atoms with Crippen LogP contribution in [0.4, 0.5) is 0 Å². The Bertz CT molecular complexity index is 669. The molecule has 0 radical (unpaired) electrons. The molecule has 0 aromatic carbocycles. The molecule has 0 aliphatic heterocycles. The first kappa shape index (κ1) is 14.4. The summed E-state index contributed by atoms with van der Waals surface area (Å²) in [7, 11) is -3.75. The first-order valence-electron chi connectivity index (χ1n) is 5.36. The fraction of sp³-hybridized carbons (Fsp3) is 0.273. The van der Waals surface area contributed by atoms with Gasteiger partial charge in [0.15, 0.2) is 0 Å². The maximum atomic E-state index is 12.3. The molecule has 0 fully saturated rings. The minimum absolute atomic E-state index is 0.0405. The van der Waals surface area contributed by atoms with Gasteiger partial charge in [-0.05, 0) is 19.9 Å². The van der Waals surface area contributed by atoms with Crippen molar-refractivity contribution in [2.75, 3.05) is 0 Å². The molecule has 2 heterocycles. The maximum Gasteiger partial charge on any atom is 0.244 e. The number of pyridine rings is 1. The second-order valence-corrected chi connectivity index (χ2v) is 7.33. The van der Waals surface area contributed by atoms with Crippen LogP contribution < -0.4 is 4.72 Å². The molecule has 19 heavy (non-hydrogen) atoms. The molecule has 0 saturated carbocycles. The molecule has 2 aromatic heterocycles. The summed E-state index contributed by atoms with van der Waals surface area (Å²) in [6.07, 6.45) is 4.29. The zero-order valence-electron chi connectivity index (χ0n) is 10.3. The van der Waals surface area contributed by atoms with Gasteiger partial charge in [0.2, 0.25) is 10.0 Å². The molecule has 0 unspecified atom stereocenters. The molecule has 0 bridgehead atoms. The molecule has 0 amide bonds. The van der Waals surface area contributed by atoms with E-state index >= 15 is 0 Å². The molecule has 0 spiro atoms. The second kappa shape index (κ2) is 5.16. The zero-order chi connectivity index (χ0) is 14.1. The van der Waals surface area contributed by atoms with Crippen molar-refractivity contribution in [3.05, 3.63) is 40.1 Å². The minimum Gasteiger partial charge on any atom is -0.263 e. The van der Waals surface area contributed by atoms with Crippen molar-refractivity contribution in [3.63, 3.8) is 0 Å². The Labute approximate surface area is 120 Å². The van der Waals surface area contributed by atoms with E-state index in [1.807, 2.05) is 0 Å². The highest BCUT2D eigenvalue weighted by Gasteiger charge is 2.31. The van der Waals surface area contributed by atoms with Gasteiger partial charge in [-0.2, -0.15) is 4.72 Å². The first-order chi connectivity index (χ1) is 8.83. The van der Waals surface area contributed by atoms with Gasteiger partial charge in [0, 0.05) is 24.0 Å². The predicted molar refractivity (Wildman–Crippen MR) is 74.7 cm³/mol. The lowest BCUT2D eigenvalue weighted by Gasteiger charge is -2.23. The third kappa shape index (κ3) is 3.11. The monoisotopic (exact) mass is 317 g/mol. The molecule has 0 aliphatic carbocycles. The number of hydrogen-bond donors (Lipinski definition) is 1. The fourth-order valence-electron chi connectivity index (χ4n) is 1.53. The summed E-state index contributed by atoms with van der Waals surface area (Å²) in [4.78, 5) is 7.88. The summed E-state index contributed by atoms with van der Waals surface area (Å²) >= 11 is 7.27. The van der Waals surface area contributed by atoms with E-state index in [9.17, 15) is 8.42 Å². The molecule has 2 rings (SSSR count). The van der Waals surface area contributed by atoms with Gasteiger partial charge in [0.1, 0.15) is 9.90 Å². The van der Waals surface area contributed by atoms with E-state index in [0.717, 1.165) is 0 Å². The summed E-state index contributed by atoms with van der Waals surface area (Å²) in [5, 5.41) is 2.61. The molecule has 102 valence electrons. The third-order valence-corrected chi connectivity index (χ3v) is 5.60. The molecule has 0 saturated heterocycles. The molecule has 0 aliphatic rings. The number of nitrogens with zero attached hydrogens (tertiary/aromatic N) is 2. The van der Waals surface area contributed by atoms with Crippen LogP contribution in [0.15, 0.2) is 34.9 Å². The van der Waals surface area contributed by atoms with Crippen molar-refractivity contribution in [1.82, 2.24) is 14.7 Å². The number of hydrogen-bond acceptors (Lipinski definition) is 5. The van der Waals surface area contributed by atoms with E-state index in [1.54, 1.807) is 25.4 Å². The zero-order valence-corrected chi connectivity index (χ0v) is 12.7. The van der Waals surface area contributed by atoms with Gasteiger partial charge in [-0.15, -0.1) is 11.3 Å². The molecule has 0 atom stereocenters. The van der Waals surface area contributed by atoms with Crippen LogP contribution in [0.2, 0.25) is 5.02 Å². The lowest BCUT2D eigenvalue weighted by molar-refractivity contribution is 0.469. The molecule has 2 aromatic rings. The van der Waals surface area contributed by atoms with E-state index < -0.39 is 15.6 Å². The van der Waals surface area contributed by atoms with Gasteiger partial charge in [0.25, 0.3) is 0 Å². The van der Waals surface area contributed by atoms with Crippen LogP contribution in [-0.2, 0) is 15.6 Å². The van der Waals surface area contributed by atoms with Crippen molar-refractivity contribution in [2.24, 2.45) is 0 Å². The summed E-state index contributed by atoms with van der Waals surface area (Å²) in [5.74, 6) is 0. The van der Waals surface area contributed by atoms with Gasteiger partial charge in [-0.1, -0.05) is 11.6 Å². The Balaban J connectivity index is 2.35. The average Bonchev–Trinajstić information content (AvgIpc) is 2.81. The topological polar surface area (TPSA) is 72.0 Å². The third-order valence-electron chi connectivity index (χ3n) is 2.38. The van der Waals surface area contributed by atoms with Gasteiger partial charge in [-0.25, -0.2) is 13.4 Å². The van der Waals surface area contributed by atoms with E-state index in [-0.39, 0.29) is 9.92 Å². The smallest absolute Gasteiger partial charge is 0.244 e. The van der Waals surface area contributed by atoms with Gasteiger partial charge < -0.3 is 0 Å². The van der Waals surface area contributed by atoms with Crippen molar-refractivity contribution >= 4 is 33.0 Å². The molecule has 5 nitrogen and oxygen atoms in total. The number of rotatable bonds is 4. The second-order valence-electron chi connectivity index (χ2n) is 4.37. The van der Waals surface area contributed by atoms with Crippen LogP contribution in [0, 0.1) is 0 Å². The quantitative estimate of drug-likeness (QED) is 0.940.